The number of esters is 2. The molecule has 0 radical (unpaired) electrons. The number of hydrogen-bond donors (Lipinski definition) is 2. The van der Waals surface area contributed by atoms with Crippen molar-refractivity contribution in [2.45, 2.75) is 39.0 Å². The molecule has 1 aromatic carbocycles. The standard InChI is InChI=1S/C25H36N6O6SSi/c1-26-20-21(28-22(38)19(24(33)35-3)25(34)36-4)29(2)31(23(20)32)14-16-9-8-10-18-17(16)13-27-30(18)15-37-11-12-39(5,6)7/h8-10,13,19,26H,11-12,14-15H2,1-7H3,(H,28,38). The molecular formula is C25H36N6O6SSi. The summed E-state index contributed by atoms with van der Waals surface area (Å²) in [7, 11) is 4.38. The highest BCUT2D eigenvalue weighted by Crippen LogP contribution is 2.23. The van der Waals surface area contributed by atoms with E-state index in [2.05, 4.69) is 35.4 Å². The third-order valence-corrected chi connectivity index (χ3v) is 8.35. The first kappa shape index (κ1) is 30.1. The molecular weight excluding hydrogens is 540 g/mol. The molecule has 0 unspecified atom stereocenters. The van der Waals surface area contributed by atoms with Crippen molar-refractivity contribution < 1.29 is 23.8 Å². The van der Waals surface area contributed by atoms with Crippen LogP contribution in [0.25, 0.3) is 10.9 Å². The molecule has 2 N–H and O–H groups in total. The summed E-state index contributed by atoms with van der Waals surface area (Å²) < 4.78 is 20.2. The average molecular weight is 577 g/mol. The number of nitrogens with zero attached hydrogens (tertiary/aromatic N) is 4. The quantitative estimate of drug-likeness (QED) is 0.109. The zero-order chi connectivity index (χ0) is 28.9. The summed E-state index contributed by atoms with van der Waals surface area (Å²) >= 11 is 5.34. The van der Waals surface area contributed by atoms with E-state index in [1.807, 2.05) is 18.2 Å². The highest BCUT2D eigenvalue weighted by molar-refractivity contribution is 7.80. The second kappa shape index (κ2) is 12.6. The first-order valence-corrected chi connectivity index (χ1v) is 16.5. The number of carbonyl (C=O) groups is 2. The molecule has 0 spiro atoms. The van der Waals surface area contributed by atoms with Crippen LogP contribution in [-0.2, 0) is 44.1 Å². The van der Waals surface area contributed by atoms with Crippen molar-refractivity contribution in [2.24, 2.45) is 13.0 Å². The normalized spacial score (nSPS) is 11.6. The molecule has 0 amide bonds. The number of methoxy groups -OCH3 is 2. The summed E-state index contributed by atoms with van der Waals surface area (Å²) in [4.78, 5) is 37.6. The molecule has 2 aromatic heterocycles. The summed E-state index contributed by atoms with van der Waals surface area (Å²) in [5, 5.41) is 11.1. The molecule has 0 bridgehead atoms. The molecule has 0 aliphatic heterocycles. The van der Waals surface area contributed by atoms with Gasteiger partial charge in [-0.15, -0.1) is 0 Å². The van der Waals surface area contributed by atoms with Crippen LogP contribution in [0, 0.1) is 5.92 Å². The number of thiocarbonyl (C=S) groups is 1. The fourth-order valence-electron chi connectivity index (χ4n) is 4.03. The van der Waals surface area contributed by atoms with Gasteiger partial charge in [0.1, 0.15) is 17.4 Å². The van der Waals surface area contributed by atoms with Crippen LogP contribution in [-0.4, -0.2) is 72.0 Å². The number of aromatic nitrogens is 4. The van der Waals surface area contributed by atoms with E-state index in [4.69, 9.17) is 26.4 Å². The molecule has 12 nitrogen and oxygen atoms in total. The number of benzene rings is 1. The van der Waals surface area contributed by atoms with E-state index in [1.165, 1.54) is 4.68 Å². The van der Waals surface area contributed by atoms with Crippen LogP contribution in [0.1, 0.15) is 5.56 Å². The van der Waals surface area contributed by atoms with E-state index in [9.17, 15) is 14.4 Å². The minimum Gasteiger partial charge on any atom is -0.468 e. The number of ether oxygens (including phenoxy) is 3. The topological polar surface area (TPSA) is 131 Å². The molecule has 0 aliphatic carbocycles. The van der Waals surface area contributed by atoms with Crippen molar-refractivity contribution in [3.8, 4) is 0 Å². The molecule has 0 saturated carbocycles. The monoisotopic (exact) mass is 576 g/mol. The minimum atomic E-state index is -1.48. The lowest BCUT2D eigenvalue weighted by atomic mass is 10.1. The van der Waals surface area contributed by atoms with E-state index in [0.29, 0.717) is 13.3 Å². The molecule has 0 atom stereocenters. The van der Waals surface area contributed by atoms with Gasteiger partial charge in [0.15, 0.2) is 5.82 Å². The Balaban J connectivity index is 1.89. The lowest BCUT2D eigenvalue weighted by molar-refractivity contribution is -0.154. The van der Waals surface area contributed by atoms with Gasteiger partial charge in [0.2, 0.25) is 5.92 Å². The first-order valence-electron chi connectivity index (χ1n) is 12.4. The van der Waals surface area contributed by atoms with Gasteiger partial charge >= 0.3 is 11.9 Å². The first-order chi connectivity index (χ1) is 18.4. The molecule has 0 aliphatic rings. The Morgan fingerprint density at radius 3 is 2.41 bits per heavy atom. The van der Waals surface area contributed by atoms with Gasteiger partial charge in [-0.2, -0.15) is 5.10 Å². The van der Waals surface area contributed by atoms with E-state index >= 15 is 0 Å². The Morgan fingerprint density at radius 2 is 1.82 bits per heavy atom. The third kappa shape index (κ3) is 6.75. The van der Waals surface area contributed by atoms with Gasteiger partial charge in [-0.05, 0) is 17.7 Å². The van der Waals surface area contributed by atoms with E-state index in [-0.39, 0.29) is 28.6 Å². The van der Waals surface area contributed by atoms with E-state index in [1.54, 1.807) is 29.7 Å². The summed E-state index contributed by atoms with van der Waals surface area (Å²) in [5.41, 5.74) is 1.67. The Labute approximate surface area is 233 Å². The van der Waals surface area contributed by atoms with Crippen LogP contribution in [0.3, 0.4) is 0 Å². The lowest BCUT2D eigenvalue weighted by Crippen LogP contribution is -2.37. The largest absolute Gasteiger partial charge is 0.468 e. The van der Waals surface area contributed by atoms with Crippen molar-refractivity contribution >= 4 is 59.6 Å². The number of carbonyl (C=O) groups excluding carboxylic acids is 2. The Hall–Kier alpha value is -3.49. The molecule has 39 heavy (non-hydrogen) atoms. The van der Waals surface area contributed by atoms with Gasteiger partial charge < -0.3 is 24.8 Å². The summed E-state index contributed by atoms with van der Waals surface area (Å²) in [6, 6.07) is 6.88. The molecule has 14 heteroatoms. The van der Waals surface area contributed by atoms with Crippen LogP contribution >= 0.6 is 12.2 Å². The fourth-order valence-corrected chi connectivity index (χ4v) is 5.07. The highest BCUT2D eigenvalue weighted by atomic mass is 32.1. The second-order valence-electron chi connectivity index (χ2n) is 10.2. The highest BCUT2D eigenvalue weighted by Gasteiger charge is 2.34. The summed E-state index contributed by atoms with van der Waals surface area (Å²) in [6.07, 6.45) is 1.77. The zero-order valence-corrected chi connectivity index (χ0v) is 25.2. The number of fused-ring (bicyclic) bond motifs is 1. The zero-order valence-electron chi connectivity index (χ0n) is 23.4. The van der Waals surface area contributed by atoms with Crippen molar-refractivity contribution in [1.29, 1.82) is 0 Å². The summed E-state index contributed by atoms with van der Waals surface area (Å²) in [5.74, 6) is -2.94. The van der Waals surface area contributed by atoms with Crippen LogP contribution in [0.5, 0.6) is 0 Å². The Kier molecular flexibility index (Phi) is 9.69. The van der Waals surface area contributed by atoms with Crippen molar-refractivity contribution in [2.75, 3.05) is 38.5 Å². The molecule has 3 rings (SSSR count). The lowest BCUT2D eigenvalue weighted by Gasteiger charge is -2.17. The van der Waals surface area contributed by atoms with Crippen molar-refractivity contribution in [3.63, 3.8) is 0 Å². The van der Waals surface area contributed by atoms with Crippen molar-refractivity contribution in [1.82, 2.24) is 19.1 Å². The van der Waals surface area contributed by atoms with Gasteiger partial charge in [-0.25, -0.2) is 9.36 Å². The molecule has 0 fully saturated rings. The van der Waals surface area contributed by atoms with Crippen LogP contribution in [0.4, 0.5) is 11.5 Å². The number of nitrogens with one attached hydrogen (secondary N) is 2. The molecule has 212 valence electrons. The van der Waals surface area contributed by atoms with Crippen LogP contribution in [0.15, 0.2) is 29.2 Å². The molecule has 3 aromatic rings. The Morgan fingerprint density at radius 1 is 1.15 bits per heavy atom. The third-order valence-electron chi connectivity index (χ3n) is 6.31. The van der Waals surface area contributed by atoms with Gasteiger partial charge in [0.05, 0.1) is 32.5 Å². The molecule has 2 heterocycles. The SMILES string of the molecule is CNc1c(NC(=S)C(C(=O)OC)C(=O)OC)n(C)n(Cc2cccc3c2cnn3COCC[Si](C)(C)C)c1=O. The number of rotatable bonds is 12. The van der Waals surface area contributed by atoms with Gasteiger partial charge in [0.25, 0.3) is 5.56 Å². The van der Waals surface area contributed by atoms with Crippen molar-refractivity contribution in [3.05, 3.63) is 40.3 Å². The minimum absolute atomic E-state index is 0.157. The fraction of sp³-hybridized carbons (Fsp3) is 0.480. The smallest absolute Gasteiger partial charge is 0.327 e. The predicted octanol–water partition coefficient (Wildman–Crippen LogP) is 2.64. The number of hydrogen-bond acceptors (Lipinski definition) is 9. The van der Waals surface area contributed by atoms with E-state index in [0.717, 1.165) is 36.7 Å². The second-order valence-corrected chi connectivity index (χ2v) is 16.2. The Bertz CT molecular complexity index is 1410. The maximum absolute atomic E-state index is 13.3. The molecule has 0 saturated heterocycles. The summed E-state index contributed by atoms with van der Waals surface area (Å²) in [6.45, 7) is 8.19. The van der Waals surface area contributed by atoms with Crippen LogP contribution in [0.2, 0.25) is 25.7 Å². The van der Waals surface area contributed by atoms with Gasteiger partial charge in [-0.1, -0.05) is 44.0 Å². The average Bonchev–Trinajstić information content (AvgIpc) is 3.40. The predicted molar refractivity (Wildman–Crippen MR) is 156 cm³/mol. The maximum atomic E-state index is 13.3. The maximum Gasteiger partial charge on any atom is 0.327 e. The van der Waals surface area contributed by atoms with Gasteiger partial charge in [-0.3, -0.25) is 19.1 Å². The van der Waals surface area contributed by atoms with Gasteiger partial charge in [0, 0.05) is 34.2 Å². The van der Waals surface area contributed by atoms with E-state index < -0.39 is 25.9 Å². The van der Waals surface area contributed by atoms with Crippen LogP contribution < -0.4 is 16.2 Å². The number of anilines is 2.